The highest BCUT2D eigenvalue weighted by Crippen LogP contribution is 2.23. The Labute approximate surface area is 85.3 Å². The Morgan fingerprint density at radius 1 is 1.07 bits per heavy atom. The number of benzene rings is 1. The van der Waals surface area contributed by atoms with Crippen molar-refractivity contribution < 1.29 is 0 Å². The fourth-order valence-electron chi connectivity index (χ4n) is 1.58. The summed E-state index contributed by atoms with van der Waals surface area (Å²) in [6, 6.07) is 7.91. The molecular formula is C11H19N3. The van der Waals surface area contributed by atoms with Gasteiger partial charge in [0.05, 0.1) is 0 Å². The summed E-state index contributed by atoms with van der Waals surface area (Å²) >= 11 is 0. The average Bonchev–Trinajstić information content (AvgIpc) is 2.20. The highest BCUT2D eigenvalue weighted by Gasteiger charge is 2.15. The molecule has 0 spiro atoms. The average molecular weight is 193 g/mol. The number of nitrogens with two attached hydrogens (primary N) is 3. The van der Waals surface area contributed by atoms with Gasteiger partial charge in [0, 0.05) is 5.69 Å². The minimum Gasteiger partial charge on any atom is -0.399 e. The third-order valence-electron chi connectivity index (χ3n) is 2.77. The highest BCUT2D eigenvalue weighted by molar-refractivity contribution is 5.40. The molecule has 0 aromatic heterocycles. The van der Waals surface area contributed by atoms with Gasteiger partial charge in [-0.15, -0.1) is 0 Å². The molecular weight excluding hydrogens is 174 g/mol. The molecule has 6 N–H and O–H groups in total. The van der Waals surface area contributed by atoms with Crippen LogP contribution in [0.4, 0.5) is 5.69 Å². The van der Waals surface area contributed by atoms with E-state index in [1.54, 1.807) is 0 Å². The molecule has 1 rings (SSSR count). The van der Waals surface area contributed by atoms with Crippen LogP contribution in [0, 0.1) is 5.92 Å². The predicted molar refractivity (Wildman–Crippen MR) is 60.9 cm³/mol. The van der Waals surface area contributed by atoms with Crippen molar-refractivity contribution in [2.75, 3.05) is 18.8 Å². The molecule has 1 unspecified atom stereocenters. The van der Waals surface area contributed by atoms with Gasteiger partial charge in [-0.25, -0.2) is 0 Å². The van der Waals surface area contributed by atoms with Crippen LogP contribution in [0.3, 0.4) is 0 Å². The van der Waals surface area contributed by atoms with E-state index in [1.165, 1.54) is 5.56 Å². The molecule has 0 aliphatic carbocycles. The van der Waals surface area contributed by atoms with Gasteiger partial charge in [0.25, 0.3) is 0 Å². The van der Waals surface area contributed by atoms with Crippen molar-refractivity contribution >= 4 is 5.69 Å². The second-order valence-electron chi connectivity index (χ2n) is 3.69. The van der Waals surface area contributed by atoms with E-state index in [-0.39, 0.29) is 0 Å². The summed E-state index contributed by atoms with van der Waals surface area (Å²) in [5.74, 6) is 0.740. The van der Waals surface area contributed by atoms with Crippen molar-refractivity contribution in [2.45, 2.75) is 12.8 Å². The number of nitrogen functional groups attached to an aromatic ring is 1. The number of hydrogen-bond acceptors (Lipinski definition) is 3. The normalized spacial score (nSPS) is 13.1. The standard InChI is InChI=1S/C11H19N3/c1-8(10(6-12)7-13)9-2-4-11(14)5-3-9/h2-5,8,10H,6-7,12-14H2,1H3. The Morgan fingerprint density at radius 2 is 1.57 bits per heavy atom. The Morgan fingerprint density at radius 3 is 2.00 bits per heavy atom. The van der Waals surface area contributed by atoms with E-state index in [2.05, 4.69) is 6.92 Å². The molecule has 3 heteroatoms. The largest absolute Gasteiger partial charge is 0.399 e. The van der Waals surface area contributed by atoms with Gasteiger partial charge in [0.1, 0.15) is 0 Å². The molecule has 78 valence electrons. The molecule has 1 aromatic carbocycles. The first-order valence-corrected chi connectivity index (χ1v) is 4.94. The van der Waals surface area contributed by atoms with Crippen molar-refractivity contribution in [1.82, 2.24) is 0 Å². The third kappa shape index (κ3) is 2.47. The molecule has 1 aromatic rings. The first kappa shape index (κ1) is 11.0. The van der Waals surface area contributed by atoms with Crippen molar-refractivity contribution in [3.63, 3.8) is 0 Å². The van der Waals surface area contributed by atoms with Gasteiger partial charge in [-0.3, -0.25) is 0 Å². The molecule has 3 nitrogen and oxygen atoms in total. The zero-order valence-electron chi connectivity index (χ0n) is 8.61. The third-order valence-corrected chi connectivity index (χ3v) is 2.77. The van der Waals surface area contributed by atoms with Crippen LogP contribution in [0.25, 0.3) is 0 Å². The van der Waals surface area contributed by atoms with Gasteiger partial charge in [-0.1, -0.05) is 19.1 Å². The number of rotatable bonds is 4. The molecule has 0 fully saturated rings. The lowest BCUT2D eigenvalue weighted by Gasteiger charge is -2.21. The van der Waals surface area contributed by atoms with Gasteiger partial charge in [0.15, 0.2) is 0 Å². The molecule has 1 atom stereocenters. The van der Waals surface area contributed by atoms with E-state index in [9.17, 15) is 0 Å². The van der Waals surface area contributed by atoms with Gasteiger partial charge >= 0.3 is 0 Å². The fourth-order valence-corrected chi connectivity index (χ4v) is 1.58. The molecule has 0 amide bonds. The summed E-state index contributed by atoms with van der Waals surface area (Å²) in [7, 11) is 0. The summed E-state index contributed by atoms with van der Waals surface area (Å²) in [6.45, 7) is 3.40. The van der Waals surface area contributed by atoms with Gasteiger partial charge < -0.3 is 17.2 Å². The zero-order chi connectivity index (χ0) is 10.6. The summed E-state index contributed by atoms with van der Waals surface area (Å²) < 4.78 is 0. The number of hydrogen-bond donors (Lipinski definition) is 3. The van der Waals surface area contributed by atoms with Crippen LogP contribution in [0.2, 0.25) is 0 Å². The monoisotopic (exact) mass is 193 g/mol. The lowest BCUT2D eigenvalue weighted by atomic mass is 9.87. The summed E-state index contributed by atoms with van der Waals surface area (Å²) in [5.41, 5.74) is 19.0. The number of anilines is 1. The highest BCUT2D eigenvalue weighted by atomic mass is 14.6. The minimum absolute atomic E-state index is 0.346. The van der Waals surface area contributed by atoms with Crippen molar-refractivity contribution in [3.05, 3.63) is 29.8 Å². The Kier molecular flexibility index (Phi) is 3.92. The van der Waals surface area contributed by atoms with Crippen molar-refractivity contribution in [3.8, 4) is 0 Å². The fraction of sp³-hybridized carbons (Fsp3) is 0.455. The molecule has 0 aliphatic heterocycles. The molecule has 0 saturated carbocycles. The van der Waals surface area contributed by atoms with Crippen LogP contribution >= 0.6 is 0 Å². The summed E-state index contributed by atoms with van der Waals surface area (Å²) in [6.07, 6.45) is 0. The van der Waals surface area contributed by atoms with Gasteiger partial charge in [-0.05, 0) is 42.6 Å². The van der Waals surface area contributed by atoms with Crippen LogP contribution < -0.4 is 17.2 Å². The van der Waals surface area contributed by atoms with Crippen LogP contribution in [0.1, 0.15) is 18.4 Å². The zero-order valence-corrected chi connectivity index (χ0v) is 8.61. The van der Waals surface area contributed by atoms with E-state index in [4.69, 9.17) is 17.2 Å². The Bertz CT molecular complexity index is 264. The predicted octanol–water partition coefficient (Wildman–Crippen LogP) is 0.906. The van der Waals surface area contributed by atoms with E-state index in [0.29, 0.717) is 24.9 Å². The summed E-state index contributed by atoms with van der Waals surface area (Å²) in [5, 5.41) is 0. The van der Waals surface area contributed by atoms with Crippen LogP contribution in [-0.2, 0) is 0 Å². The van der Waals surface area contributed by atoms with E-state index in [0.717, 1.165) is 5.69 Å². The SMILES string of the molecule is CC(c1ccc(N)cc1)C(CN)CN. The first-order chi connectivity index (χ1) is 6.69. The van der Waals surface area contributed by atoms with Crippen molar-refractivity contribution in [1.29, 1.82) is 0 Å². The first-order valence-electron chi connectivity index (χ1n) is 4.94. The Balaban J connectivity index is 2.77. The quantitative estimate of drug-likeness (QED) is 0.622. The topological polar surface area (TPSA) is 78.1 Å². The summed E-state index contributed by atoms with van der Waals surface area (Å²) in [4.78, 5) is 0. The molecule has 0 bridgehead atoms. The maximum atomic E-state index is 5.65. The smallest absolute Gasteiger partial charge is 0.0314 e. The van der Waals surface area contributed by atoms with E-state index < -0.39 is 0 Å². The molecule has 14 heavy (non-hydrogen) atoms. The minimum atomic E-state index is 0.346. The maximum Gasteiger partial charge on any atom is 0.0314 e. The van der Waals surface area contributed by atoms with Crippen LogP contribution in [0.15, 0.2) is 24.3 Å². The van der Waals surface area contributed by atoms with Crippen LogP contribution in [0.5, 0.6) is 0 Å². The molecule has 0 saturated heterocycles. The Hall–Kier alpha value is -1.06. The molecule has 0 aliphatic rings. The van der Waals surface area contributed by atoms with E-state index >= 15 is 0 Å². The van der Waals surface area contributed by atoms with Crippen molar-refractivity contribution in [2.24, 2.45) is 17.4 Å². The van der Waals surface area contributed by atoms with Gasteiger partial charge in [-0.2, -0.15) is 0 Å². The van der Waals surface area contributed by atoms with E-state index in [1.807, 2.05) is 24.3 Å². The maximum absolute atomic E-state index is 5.65. The van der Waals surface area contributed by atoms with Gasteiger partial charge in [0.2, 0.25) is 0 Å². The lowest BCUT2D eigenvalue weighted by molar-refractivity contribution is 0.467. The molecule has 0 heterocycles. The van der Waals surface area contributed by atoms with Crippen LogP contribution in [-0.4, -0.2) is 13.1 Å². The second kappa shape index (κ2) is 4.98. The lowest BCUT2D eigenvalue weighted by Crippen LogP contribution is -2.27. The molecule has 0 radical (unpaired) electrons. The second-order valence-corrected chi connectivity index (χ2v) is 3.69.